The molecule has 0 aliphatic rings. The van der Waals surface area contributed by atoms with Crippen LogP contribution in [0.1, 0.15) is 20.6 Å². The molecule has 0 saturated heterocycles. The van der Waals surface area contributed by atoms with Gasteiger partial charge in [-0.05, 0) is 36.4 Å². The van der Waals surface area contributed by atoms with Gasteiger partial charge in [-0.25, -0.2) is 4.39 Å². The Bertz CT molecular complexity index is 1190. The highest BCUT2D eigenvalue weighted by molar-refractivity contribution is 7.15. The average molecular weight is 426 g/mol. The monoisotopic (exact) mass is 425 g/mol. The molecule has 2 aromatic heterocycles. The van der Waals surface area contributed by atoms with E-state index in [0.717, 1.165) is 11.3 Å². The Morgan fingerprint density at radius 3 is 2.52 bits per heavy atom. The van der Waals surface area contributed by atoms with E-state index in [-0.39, 0.29) is 21.8 Å². The molecule has 0 aliphatic carbocycles. The first-order chi connectivity index (χ1) is 14.1. The first-order valence-corrected chi connectivity index (χ1v) is 9.72. The number of rotatable bonds is 5. The zero-order valence-corrected chi connectivity index (χ0v) is 16.4. The quantitative estimate of drug-likeness (QED) is 0.430. The number of halogens is 2. The Hall–Kier alpha value is -3.29. The van der Waals surface area contributed by atoms with Gasteiger partial charge >= 0.3 is 0 Å². The highest BCUT2D eigenvalue weighted by Crippen LogP contribution is 2.29. The maximum absolute atomic E-state index is 13.9. The van der Waals surface area contributed by atoms with Crippen LogP contribution in [0.2, 0.25) is 0 Å². The fraction of sp³-hybridized carbons (Fsp3) is 0. The maximum atomic E-state index is 13.9. The molecule has 4 aromatic rings. The molecule has 0 radical (unpaired) electrons. The third kappa shape index (κ3) is 4.42. The molecule has 4 rings (SSSR count). The second-order valence-corrected chi connectivity index (χ2v) is 7.29. The summed E-state index contributed by atoms with van der Waals surface area (Å²) in [7, 11) is 0. The minimum atomic E-state index is -0.373. The van der Waals surface area contributed by atoms with E-state index in [4.69, 9.17) is 16.0 Å². The molecule has 0 aliphatic heterocycles. The van der Waals surface area contributed by atoms with E-state index in [1.165, 1.54) is 6.07 Å². The number of aromatic nitrogens is 2. The molecule has 144 valence electrons. The van der Waals surface area contributed by atoms with Crippen molar-refractivity contribution in [3.05, 3.63) is 88.3 Å². The van der Waals surface area contributed by atoms with Crippen molar-refractivity contribution in [1.29, 1.82) is 0 Å². The Labute approximate surface area is 174 Å². The molecule has 5 nitrogen and oxygen atoms in total. The van der Waals surface area contributed by atoms with Crippen LogP contribution in [0.4, 0.5) is 10.1 Å². The summed E-state index contributed by atoms with van der Waals surface area (Å²) in [6, 6.07) is 18.7. The summed E-state index contributed by atoms with van der Waals surface area (Å²) < 4.78 is 19.5. The molecule has 0 atom stereocenters. The van der Waals surface area contributed by atoms with Crippen molar-refractivity contribution in [3.63, 3.8) is 0 Å². The fourth-order valence-electron chi connectivity index (χ4n) is 2.54. The zero-order valence-electron chi connectivity index (χ0n) is 14.8. The van der Waals surface area contributed by atoms with E-state index >= 15 is 0 Å². The van der Waals surface area contributed by atoms with Crippen molar-refractivity contribution in [2.24, 2.45) is 0 Å². The van der Waals surface area contributed by atoms with Crippen LogP contribution in [-0.2, 0) is 0 Å². The van der Waals surface area contributed by atoms with Gasteiger partial charge in [-0.15, -0.1) is 10.2 Å². The Morgan fingerprint density at radius 2 is 1.72 bits per heavy atom. The number of nitrogens with zero attached hydrogens (tertiary/aromatic N) is 2. The minimum absolute atomic E-state index is 0.182. The molecular weight excluding hydrogens is 413 g/mol. The molecule has 1 N–H and O–H groups in total. The van der Waals surface area contributed by atoms with Gasteiger partial charge in [-0.3, -0.25) is 4.79 Å². The SMILES string of the molecule is O=C(Nc1ccccc1)c1nnc(/C(Cl)=C\c2ccc(-c3ccccc3F)o2)s1. The van der Waals surface area contributed by atoms with Crippen LogP contribution in [0.15, 0.2) is 71.1 Å². The summed E-state index contributed by atoms with van der Waals surface area (Å²) in [5.74, 6) is 0.0728. The summed E-state index contributed by atoms with van der Waals surface area (Å²) in [6.45, 7) is 0. The number of nitrogens with one attached hydrogen (secondary N) is 1. The summed E-state index contributed by atoms with van der Waals surface area (Å²) in [5, 5.41) is 11.4. The van der Waals surface area contributed by atoms with Crippen LogP contribution in [0.3, 0.4) is 0 Å². The number of anilines is 1. The van der Waals surface area contributed by atoms with Crippen molar-refractivity contribution in [3.8, 4) is 11.3 Å². The van der Waals surface area contributed by atoms with Crippen LogP contribution in [0.25, 0.3) is 22.4 Å². The van der Waals surface area contributed by atoms with Gasteiger partial charge in [0.1, 0.15) is 17.3 Å². The second-order valence-electron chi connectivity index (χ2n) is 5.91. The highest BCUT2D eigenvalue weighted by Gasteiger charge is 2.15. The number of benzene rings is 2. The zero-order chi connectivity index (χ0) is 20.2. The third-order valence-electron chi connectivity index (χ3n) is 3.89. The van der Waals surface area contributed by atoms with Gasteiger partial charge in [0.25, 0.3) is 5.91 Å². The summed E-state index contributed by atoms with van der Waals surface area (Å²) >= 11 is 7.37. The lowest BCUT2D eigenvalue weighted by molar-refractivity contribution is 0.102. The third-order valence-corrected chi connectivity index (χ3v) is 5.25. The minimum Gasteiger partial charge on any atom is -0.457 e. The standard InChI is InChI=1S/C21H13ClFN3O2S/c22-16(12-14-10-11-18(28-14)15-8-4-5-9-17(15)23)20-25-26-21(29-20)19(27)24-13-6-2-1-3-7-13/h1-12H,(H,24,27)/b16-12+. The largest absolute Gasteiger partial charge is 0.457 e. The molecule has 0 saturated carbocycles. The number of hydrogen-bond donors (Lipinski definition) is 1. The molecule has 0 spiro atoms. The molecule has 2 heterocycles. The molecule has 2 aromatic carbocycles. The number of hydrogen-bond acceptors (Lipinski definition) is 5. The van der Waals surface area contributed by atoms with Crippen molar-refractivity contribution in [2.45, 2.75) is 0 Å². The molecule has 0 unspecified atom stereocenters. The molecule has 8 heteroatoms. The first kappa shape index (κ1) is 19.0. The summed E-state index contributed by atoms with van der Waals surface area (Å²) in [6.07, 6.45) is 1.55. The Kier molecular flexibility index (Phi) is 5.50. The van der Waals surface area contributed by atoms with Crippen molar-refractivity contribution in [1.82, 2.24) is 10.2 Å². The van der Waals surface area contributed by atoms with Gasteiger partial charge in [0.2, 0.25) is 5.01 Å². The second kappa shape index (κ2) is 8.38. The Balaban J connectivity index is 1.50. The Morgan fingerprint density at radius 1 is 1.00 bits per heavy atom. The van der Waals surface area contributed by atoms with Gasteiger partial charge in [0, 0.05) is 11.8 Å². The number of amides is 1. The highest BCUT2D eigenvalue weighted by atomic mass is 35.5. The molecular formula is C21H13ClFN3O2S. The molecule has 0 bridgehead atoms. The average Bonchev–Trinajstić information content (AvgIpc) is 3.39. The van der Waals surface area contributed by atoms with Crippen LogP contribution < -0.4 is 5.32 Å². The van der Waals surface area contributed by atoms with Crippen molar-refractivity contribution >= 4 is 45.6 Å². The van der Waals surface area contributed by atoms with Crippen molar-refractivity contribution in [2.75, 3.05) is 5.32 Å². The van der Waals surface area contributed by atoms with E-state index in [1.807, 2.05) is 18.2 Å². The first-order valence-electron chi connectivity index (χ1n) is 8.52. The van der Waals surface area contributed by atoms with Crippen LogP contribution in [-0.4, -0.2) is 16.1 Å². The van der Waals surface area contributed by atoms with E-state index in [9.17, 15) is 9.18 Å². The normalized spacial score (nSPS) is 11.4. The van der Waals surface area contributed by atoms with Gasteiger partial charge in [-0.1, -0.05) is 53.3 Å². The molecule has 1 amide bonds. The van der Waals surface area contributed by atoms with E-state index in [2.05, 4.69) is 15.5 Å². The van der Waals surface area contributed by atoms with Crippen LogP contribution >= 0.6 is 22.9 Å². The lowest BCUT2D eigenvalue weighted by Gasteiger charge is -2.00. The van der Waals surface area contributed by atoms with Gasteiger partial charge in [0.15, 0.2) is 5.01 Å². The predicted molar refractivity (Wildman–Crippen MR) is 112 cm³/mol. The lowest BCUT2D eigenvalue weighted by atomic mass is 10.1. The van der Waals surface area contributed by atoms with E-state index in [1.54, 1.807) is 48.5 Å². The van der Waals surface area contributed by atoms with Gasteiger partial charge < -0.3 is 9.73 Å². The smallest absolute Gasteiger partial charge is 0.286 e. The number of furan rings is 1. The topological polar surface area (TPSA) is 68.0 Å². The predicted octanol–water partition coefficient (Wildman–Crippen LogP) is 5.93. The molecule has 0 fully saturated rings. The van der Waals surface area contributed by atoms with Gasteiger partial charge in [0.05, 0.1) is 10.6 Å². The number of carbonyl (C=O) groups excluding carboxylic acids is 1. The van der Waals surface area contributed by atoms with Crippen molar-refractivity contribution < 1.29 is 13.6 Å². The molecule has 29 heavy (non-hydrogen) atoms. The summed E-state index contributed by atoms with van der Waals surface area (Å²) in [4.78, 5) is 12.3. The van der Waals surface area contributed by atoms with E-state index < -0.39 is 0 Å². The van der Waals surface area contributed by atoms with Crippen LogP contribution in [0, 0.1) is 5.82 Å². The maximum Gasteiger partial charge on any atom is 0.286 e. The van der Waals surface area contributed by atoms with E-state index in [0.29, 0.717) is 27.8 Å². The summed E-state index contributed by atoms with van der Waals surface area (Å²) in [5.41, 5.74) is 1.02. The van der Waals surface area contributed by atoms with Gasteiger partial charge in [-0.2, -0.15) is 0 Å². The lowest BCUT2D eigenvalue weighted by Crippen LogP contribution is -2.11. The number of para-hydroxylation sites is 1. The number of carbonyl (C=O) groups is 1. The fourth-order valence-corrected chi connectivity index (χ4v) is 3.45. The van der Waals surface area contributed by atoms with Crippen LogP contribution in [0.5, 0.6) is 0 Å².